The molecule has 0 heterocycles. The second-order valence-electron chi connectivity index (χ2n) is 6.72. The minimum absolute atomic E-state index is 0.0211. The van der Waals surface area contributed by atoms with E-state index in [9.17, 15) is 14.4 Å². The van der Waals surface area contributed by atoms with Crippen LogP contribution < -0.4 is 10.6 Å². The van der Waals surface area contributed by atoms with Crippen LogP contribution in [0, 0.1) is 0 Å². The van der Waals surface area contributed by atoms with Gasteiger partial charge in [0.15, 0.2) is 0 Å². The lowest BCUT2D eigenvalue weighted by atomic mass is 10.1. The maximum Gasteiger partial charge on any atom is 0.251 e. The zero-order valence-electron chi connectivity index (χ0n) is 15.2. The van der Waals surface area contributed by atoms with Crippen LogP contribution in [0.25, 0.3) is 0 Å². The monoisotopic (exact) mass is 411 g/mol. The quantitative estimate of drug-likeness (QED) is 0.722. The van der Waals surface area contributed by atoms with Gasteiger partial charge in [0.1, 0.15) is 0 Å². The van der Waals surface area contributed by atoms with Gasteiger partial charge in [-0.2, -0.15) is 0 Å². The molecule has 1 rings (SSSR count). The molecule has 0 saturated heterocycles. The lowest BCUT2D eigenvalue weighted by Gasteiger charge is -2.25. The molecule has 0 aliphatic rings. The number of hydrogen-bond acceptors (Lipinski definition) is 3. The minimum Gasteiger partial charge on any atom is -0.352 e. The maximum absolute atomic E-state index is 12.2. The van der Waals surface area contributed by atoms with Gasteiger partial charge in [-0.05, 0) is 52.0 Å². The Morgan fingerprint density at radius 2 is 1.72 bits per heavy atom. The Morgan fingerprint density at radius 3 is 2.24 bits per heavy atom. The van der Waals surface area contributed by atoms with E-state index in [1.54, 1.807) is 24.3 Å². The van der Waals surface area contributed by atoms with Gasteiger partial charge in [0, 0.05) is 35.1 Å². The molecule has 138 valence electrons. The molecule has 6 nitrogen and oxygen atoms in total. The number of carbonyl (C=O) groups is 3. The van der Waals surface area contributed by atoms with E-state index in [4.69, 9.17) is 0 Å². The molecule has 0 spiro atoms. The topological polar surface area (TPSA) is 78.5 Å². The Morgan fingerprint density at radius 1 is 1.12 bits per heavy atom. The molecule has 0 unspecified atom stereocenters. The molecular formula is C18H26BrN3O3. The van der Waals surface area contributed by atoms with Crippen LogP contribution in [0.3, 0.4) is 0 Å². The number of amides is 3. The van der Waals surface area contributed by atoms with Crippen LogP contribution in [0.15, 0.2) is 28.7 Å². The first-order valence-corrected chi connectivity index (χ1v) is 9.04. The zero-order valence-corrected chi connectivity index (χ0v) is 16.8. The Labute approximate surface area is 157 Å². The SMILES string of the molecule is CCN(CC(=O)NC(C)(C)C)C(=O)CCNC(=O)c1ccc(Br)cc1. The van der Waals surface area contributed by atoms with E-state index in [0.29, 0.717) is 12.1 Å². The predicted molar refractivity (Wildman–Crippen MR) is 101 cm³/mol. The van der Waals surface area contributed by atoms with Crippen LogP contribution in [0.1, 0.15) is 44.5 Å². The molecule has 1 aromatic rings. The number of carbonyl (C=O) groups excluding carboxylic acids is 3. The first-order valence-electron chi connectivity index (χ1n) is 8.25. The standard InChI is InChI=1S/C18H26BrN3O3/c1-5-22(12-15(23)21-18(2,3)4)16(24)10-11-20-17(25)13-6-8-14(19)9-7-13/h6-9H,5,10-12H2,1-4H3,(H,20,25)(H,21,23). The van der Waals surface area contributed by atoms with Crippen LogP contribution >= 0.6 is 15.9 Å². The minimum atomic E-state index is -0.335. The lowest BCUT2D eigenvalue weighted by molar-refractivity contribution is -0.136. The largest absolute Gasteiger partial charge is 0.352 e. The molecule has 25 heavy (non-hydrogen) atoms. The number of rotatable bonds is 7. The number of likely N-dealkylation sites (N-methyl/N-ethyl adjacent to an activating group) is 1. The van der Waals surface area contributed by atoms with E-state index in [1.807, 2.05) is 27.7 Å². The summed E-state index contributed by atoms with van der Waals surface area (Å²) in [4.78, 5) is 37.6. The molecule has 0 aromatic heterocycles. The van der Waals surface area contributed by atoms with Crippen molar-refractivity contribution in [3.05, 3.63) is 34.3 Å². The van der Waals surface area contributed by atoms with Gasteiger partial charge in [-0.15, -0.1) is 0 Å². The summed E-state index contributed by atoms with van der Waals surface area (Å²) in [5.41, 5.74) is 0.200. The third-order valence-corrected chi connectivity index (χ3v) is 3.84. The van der Waals surface area contributed by atoms with Crippen molar-refractivity contribution in [2.75, 3.05) is 19.6 Å². The smallest absolute Gasteiger partial charge is 0.251 e. The average Bonchev–Trinajstić information content (AvgIpc) is 2.51. The third-order valence-electron chi connectivity index (χ3n) is 3.31. The van der Waals surface area contributed by atoms with Crippen molar-refractivity contribution in [1.29, 1.82) is 0 Å². The highest BCUT2D eigenvalue weighted by atomic mass is 79.9. The molecule has 2 N–H and O–H groups in total. The van der Waals surface area contributed by atoms with Gasteiger partial charge in [0.2, 0.25) is 11.8 Å². The molecule has 0 aliphatic heterocycles. The highest BCUT2D eigenvalue weighted by Gasteiger charge is 2.19. The van der Waals surface area contributed by atoms with Gasteiger partial charge >= 0.3 is 0 Å². The highest BCUT2D eigenvalue weighted by Crippen LogP contribution is 2.10. The van der Waals surface area contributed by atoms with Crippen LogP contribution in [0.5, 0.6) is 0 Å². The summed E-state index contributed by atoms with van der Waals surface area (Å²) in [5, 5.41) is 5.55. The van der Waals surface area contributed by atoms with E-state index in [2.05, 4.69) is 26.6 Å². The van der Waals surface area contributed by atoms with E-state index in [1.165, 1.54) is 4.90 Å². The van der Waals surface area contributed by atoms with Gasteiger partial charge in [0.25, 0.3) is 5.91 Å². The summed E-state index contributed by atoms with van der Waals surface area (Å²) in [5.74, 6) is -0.585. The molecule has 7 heteroatoms. The molecule has 0 fully saturated rings. The fourth-order valence-corrected chi connectivity index (χ4v) is 2.42. The second kappa shape index (κ2) is 9.56. The average molecular weight is 412 g/mol. The summed E-state index contributed by atoms with van der Waals surface area (Å²) in [6.45, 7) is 8.18. The summed E-state index contributed by atoms with van der Waals surface area (Å²) in [7, 11) is 0. The van der Waals surface area contributed by atoms with Gasteiger partial charge in [-0.1, -0.05) is 15.9 Å². The lowest BCUT2D eigenvalue weighted by Crippen LogP contribution is -2.47. The third kappa shape index (κ3) is 8.16. The molecule has 0 saturated carbocycles. The fourth-order valence-electron chi connectivity index (χ4n) is 2.15. The van der Waals surface area contributed by atoms with Crippen molar-refractivity contribution in [2.24, 2.45) is 0 Å². The Hall–Kier alpha value is -1.89. The van der Waals surface area contributed by atoms with Crippen LogP contribution in [0.2, 0.25) is 0 Å². The normalized spacial score (nSPS) is 10.9. The van der Waals surface area contributed by atoms with E-state index in [0.717, 1.165) is 4.47 Å². The van der Waals surface area contributed by atoms with E-state index < -0.39 is 0 Å². The van der Waals surface area contributed by atoms with Gasteiger partial charge in [-0.25, -0.2) is 0 Å². The fraction of sp³-hybridized carbons (Fsp3) is 0.500. The Balaban J connectivity index is 2.44. The van der Waals surface area contributed by atoms with Gasteiger partial charge < -0.3 is 15.5 Å². The Kier molecular flexibility index (Phi) is 8.09. The van der Waals surface area contributed by atoms with Crippen molar-refractivity contribution >= 4 is 33.7 Å². The van der Waals surface area contributed by atoms with Crippen LogP contribution in [-0.2, 0) is 9.59 Å². The molecule has 1 aromatic carbocycles. The van der Waals surface area contributed by atoms with Crippen molar-refractivity contribution < 1.29 is 14.4 Å². The summed E-state index contributed by atoms with van der Waals surface area (Å²) >= 11 is 3.31. The first-order chi connectivity index (χ1) is 11.6. The number of benzene rings is 1. The summed E-state index contributed by atoms with van der Waals surface area (Å²) < 4.78 is 0.895. The van der Waals surface area contributed by atoms with Crippen molar-refractivity contribution in [2.45, 2.75) is 39.7 Å². The maximum atomic E-state index is 12.2. The Bertz CT molecular complexity index is 609. The molecule has 0 bridgehead atoms. The number of nitrogens with zero attached hydrogens (tertiary/aromatic N) is 1. The molecular weight excluding hydrogens is 386 g/mol. The van der Waals surface area contributed by atoms with E-state index in [-0.39, 0.29) is 42.8 Å². The molecule has 3 amide bonds. The van der Waals surface area contributed by atoms with Crippen molar-refractivity contribution in [1.82, 2.24) is 15.5 Å². The van der Waals surface area contributed by atoms with Gasteiger partial charge in [-0.3, -0.25) is 14.4 Å². The zero-order chi connectivity index (χ0) is 19.0. The van der Waals surface area contributed by atoms with Crippen molar-refractivity contribution in [3.8, 4) is 0 Å². The molecule has 0 atom stereocenters. The molecule has 0 radical (unpaired) electrons. The van der Waals surface area contributed by atoms with Crippen LogP contribution in [0.4, 0.5) is 0 Å². The number of nitrogens with one attached hydrogen (secondary N) is 2. The van der Waals surface area contributed by atoms with Crippen molar-refractivity contribution in [3.63, 3.8) is 0 Å². The van der Waals surface area contributed by atoms with E-state index >= 15 is 0 Å². The number of halogens is 1. The van der Waals surface area contributed by atoms with Gasteiger partial charge in [0.05, 0.1) is 6.54 Å². The first kappa shape index (κ1) is 21.2. The summed E-state index contributed by atoms with van der Waals surface area (Å²) in [6.07, 6.45) is 0.152. The van der Waals surface area contributed by atoms with Crippen LogP contribution in [-0.4, -0.2) is 47.8 Å². The second-order valence-corrected chi connectivity index (χ2v) is 7.63. The number of hydrogen-bond donors (Lipinski definition) is 2. The highest BCUT2D eigenvalue weighted by molar-refractivity contribution is 9.10. The predicted octanol–water partition coefficient (Wildman–Crippen LogP) is 2.33. The molecule has 0 aliphatic carbocycles. The summed E-state index contributed by atoms with van der Waals surface area (Å²) in [6, 6.07) is 6.98.